The van der Waals surface area contributed by atoms with Crippen molar-refractivity contribution in [3.63, 3.8) is 0 Å². The lowest BCUT2D eigenvalue weighted by Crippen LogP contribution is -2.45. The molecule has 1 unspecified atom stereocenters. The van der Waals surface area contributed by atoms with Crippen molar-refractivity contribution in [3.8, 4) is 6.07 Å². The van der Waals surface area contributed by atoms with Crippen LogP contribution in [0.5, 0.6) is 0 Å². The maximum absolute atomic E-state index is 12.1. The van der Waals surface area contributed by atoms with Gasteiger partial charge in [0, 0.05) is 11.1 Å². The van der Waals surface area contributed by atoms with E-state index in [1.54, 1.807) is 0 Å². The summed E-state index contributed by atoms with van der Waals surface area (Å²) >= 11 is 5.86. The Morgan fingerprint density at radius 2 is 1.91 bits per heavy atom. The second-order valence-electron chi connectivity index (χ2n) is 6.30. The summed E-state index contributed by atoms with van der Waals surface area (Å²) < 4.78 is 26.9. The van der Waals surface area contributed by atoms with Crippen LogP contribution < -0.4 is 4.72 Å². The van der Waals surface area contributed by atoms with Crippen molar-refractivity contribution in [2.45, 2.75) is 38.6 Å². The summed E-state index contributed by atoms with van der Waals surface area (Å²) in [7, 11) is -3.40. The summed E-state index contributed by atoms with van der Waals surface area (Å²) in [6.07, 6.45) is 1.58. The van der Waals surface area contributed by atoms with Crippen molar-refractivity contribution < 1.29 is 8.42 Å². The molecule has 4 nitrogen and oxygen atoms in total. The van der Waals surface area contributed by atoms with E-state index in [2.05, 4.69) is 10.8 Å². The van der Waals surface area contributed by atoms with E-state index in [4.69, 9.17) is 16.9 Å². The topological polar surface area (TPSA) is 70.0 Å². The van der Waals surface area contributed by atoms with Gasteiger partial charge in [-0.3, -0.25) is 0 Å². The number of halogens is 1. The normalized spacial score (nSPS) is 22.9. The van der Waals surface area contributed by atoms with Gasteiger partial charge in [0.2, 0.25) is 10.0 Å². The molecule has 120 valence electrons. The van der Waals surface area contributed by atoms with Crippen molar-refractivity contribution in [3.05, 3.63) is 34.9 Å². The molecule has 1 aliphatic carbocycles. The Morgan fingerprint density at radius 1 is 1.32 bits per heavy atom. The summed E-state index contributed by atoms with van der Waals surface area (Å²) in [5.41, 5.74) is 1.19. The largest absolute Gasteiger partial charge is 0.213 e. The Kier molecular flexibility index (Phi) is 5.49. The van der Waals surface area contributed by atoms with Crippen LogP contribution in [0.2, 0.25) is 5.02 Å². The molecule has 1 aromatic rings. The van der Waals surface area contributed by atoms with Crippen LogP contribution in [0.4, 0.5) is 0 Å². The van der Waals surface area contributed by atoms with Gasteiger partial charge in [-0.15, -0.1) is 0 Å². The van der Waals surface area contributed by atoms with Gasteiger partial charge in [0.05, 0.1) is 17.7 Å². The van der Waals surface area contributed by atoms with Gasteiger partial charge in [-0.05, 0) is 42.4 Å². The third kappa shape index (κ3) is 4.45. The first-order valence-corrected chi connectivity index (χ1v) is 9.49. The minimum atomic E-state index is -3.40. The fraction of sp³-hybridized carbons (Fsp3) is 0.562. The third-order valence-corrected chi connectivity index (χ3v) is 5.94. The molecule has 22 heavy (non-hydrogen) atoms. The van der Waals surface area contributed by atoms with E-state index in [0.29, 0.717) is 10.9 Å². The van der Waals surface area contributed by atoms with Crippen LogP contribution in [-0.4, -0.2) is 20.2 Å². The van der Waals surface area contributed by atoms with Crippen LogP contribution in [0.1, 0.15) is 38.2 Å². The van der Waals surface area contributed by atoms with Gasteiger partial charge >= 0.3 is 0 Å². The van der Waals surface area contributed by atoms with Crippen molar-refractivity contribution in [2.24, 2.45) is 11.8 Å². The van der Waals surface area contributed by atoms with Gasteiger partial charge in [0.1, 0.15) is 0 Å². The van der Waals surface area contributed by atoms with E-state index in [1.807, 2.05) is 38.1 Å². The Morgan fingerprint density at radius 3 is 2.41 bits per heavy atom. The number of nitrogens with one attached hydrogen (secondary N) is 1. The van der Waals surface area contributed by atoms with Gasteiger partial charge < -0.3 is 0 Å². The molecule has 0 aliphatic heterocycles. The number of hydrogen-bond donors (Lipinski definition) is 1. The van der Waals surface area contributed by atoms with Crippen LogP contribution in [0, 0.1) is 23.2 Å². The molecule has 0 saturated heterocycles. The zero-order valence-corrected chi connectivity index (χ0v) is 14.4. The van der Waals surface area contributed by atoms with Crippen LogP contribution in [0.15, 0.2) is 24.3 Å². The van der Waals surface area contributed by atoms with E-state index in [1.165, 1.54) is 5.56 Å². The number of hydrogen-bond acceptors (Lipinski definition) is 3. The number of rotatable bonds is 6. The Balaban J connectivity index is 1.86. The van der Waals surface area contributed by atoms with Gasteiger partial charge in [0.15, 0.2) is 0 Å². The van der Waals surface area contributed by atoms with E-state index in [0.717, 1.165) is 12.8 Å². The highest BCUT2D eigenvalue weighted by atomic mass is 35.5. The molecule has 0 bridgehead atoms. The quantitative estimate of drug-likeness (QED) is 0.863. The molecule has 1 fully saturated rings. The molecule has 0 heterocycles. The Bertz CT molecular complexity index is 644. The van der Waals surface area contributed by atoms with E-state index in [9.17, 15) is 8.42 Å². The summed E-state index contributed by atoms with van der Waals surface area (Å²) in [4.78, 5) is 0. The standard InChI is InChI=1S/C16H21ClN2O2S/c1-11(2)14(9-18)10-22(20,21)19-16-7-13(8-16)12-3-5-15(17)6-4-12/h3-6,11,13-14,16,19H,7-8,10H2,1-2H3. The van der Waals surface area contributed by atoms with Crippen molar-refractivity contribution in [1.29, 1.82) is 5.26 Å². The highest BCUT2D eigenvalue weighted by Crippen LogP contribution is 2.37. The Labute approximate surface area is 137 Å². The zero-order chi connectivity index (χ0) is 16.3. The first-order valence-electron chi connectivity index (χ1n) is 7.46. The monoisotopic (exact) mass is 340 g/mol. The minimum Gasteiger partial charge on any atom is -0.212 e. The molecule has 0 spiro atoms. The molecule has 0 aromatic heterocycles. The van der Waals surface area contributed by atoms with E-state index in [-0.39, 0.29) is 17.7 Å². The molecule has 1 atom stereocenters. The molecule has 1 N–H and O–H groups in total. The van der Waals surface area contributed by atoms with Gasteiger partial charge in [-0.1, -0.05) is 37.6 Å². The summed E-state index contributed by atoms with van der Waals surface area (Å²) in [5.74, 6) is -0.181. The van der Waals surface area contributed by atoms with Crippen LogP contribution in [0.3, 0.4) is 0 Å². The van der Waals surface area contributed by atoms with Crippen molar-refractivity contribution >= 4 is 21.6 Å². The van der Waals surface area contributed by atoms with Crippen LogP contribution in [0.25, 0.3) is 0 Å². The van der Waals surface area contributed by atoms with Gasteiger partial charge in [-0.2, -0.15) is 5.26 Å². The predicted octanol–water partition coefficient (Wildman–Crippen LogP) is 3.30. The maximum Gasteiger partial charge on any atom is 0.213 e. The molecular weight excluding hydrogens is 320 g/mol. The summed E-state index contributed by atoms with van der Waals surface area (Å²) in [6.45, 7) is 3.73. The zero-order valence-electron chi connectivity index (χ0n) is 12.8. The highest BCUT2D eigenvalue weighted by Gasteiger charge is 2.34. The lowest BCUT2D eigenvalue weighted by molar-refractivity contribution is 0.325. The molecule has 6 heteroatoms. The number of sulfonamides is 1. The van der Waals surface area contributed by atoms with Crippen molar-refractivity contribution in [1.82, 2.24) is 4.72 Å². The fourth-order valence-electron chi connectivity index (χ4n) is 2.64. The average molecular weight is 341 g/mol. The average Bonchev–Trinajstić information content (AvgIpc) is 2.41. The molecule has 0 amide bonds. The molecule has 2 rings (SSSR count). The lowest BCUT2D eigenvalue weighted by atomic mass is 9.76. The van der Waals surface area contributed by atoms with Crippen LogP contribution in [-0.2, 0) is 10.0 Å². The predicted molar refractivity (Wildman–Crippen MR) is 88.1 cm³/mol. The highest BCUT2D eigenvalue weighted by molar-refractivity contribution is 7.89. The third-order valence-electron chi connectivity index (χ3n) is 4.20. The van der Waals surface area contributed by atoms with E-state index >= 15 is 0 Å². The first kappa shape index (κ1) is 17.3. The van der Waals surface area contributed by atoms with Gasteiger partial charge in [0.25, 0.3) is 0 Å². The van der Waals surface area contributed by atoms with Crippen molar-refractivity contribution in [2.75, 3.05) is 5.75 Å². The van der Waals surface area contributed by atoms with E-state index < -0.39 is 15.9 Å². The second kappa shape index (κ2) is 6.99. The minimum absolute atomic E-state index is 0.0304. The van der Waals surface area contributed by atoms with Crippen LogP contribution >= 0.6 is 11.6 Å². The number of nitriles is 1. The summed E-state index contributed by atoms with van der Waals surface area (Å²) in [6, 6.07) is 9.73. The molecule has 0 radical (unpaired) electrons. The second-order valence-corrected chi connectivity index (χ2v) is 8.53. The molecule has 1 aromatic carbocycles. The number of nitrogens with zero attached hydrogens (tertiary/aromatic N) is 1. The SMILES string of the molecule is CC(C)C(C#N)CS(=O)(=O)NC1CC(c2ccc(Cl)cc2)C1. The fourth-order valence-corrected chi connectivity index (χ4v) is 4.49. The lowest BCUT2D eigenvalue weighted by Gasteiger charge is -2.36. The first-order chi connectivity index (χ1) is 10.3. The Hall–Kier alpha value is -1.09. The number of benzene rings is 1. The molecular formula is C16H21ClN2O2S. The summed E-state index contributed by atoms with van der Waals surface area (Å²) in [5, 5.41) is 9.73. The smallest absolute Gasteiger partial charge is 0.212 e. The molecule has 1 aliphatic rings. The molecule has 1 saturated carbocycles. The van der Waals surface area contributed by atoms with Gasteiger partial charge in [-0.25, -0.2) is 13.1 Å². The maximum atomic E-state index is 12.1.